The molecule has 3 rings (SSSR count). The smallest absolute Gasteiger partial charge is 0.265 e. The number of amides is 1. The summed E-state index contributed by atoms with van der Waals surface area (Å²) >= 11 is 0. The monoisotopic (exact) mass is 362 g/mol. The van der Waals surface area contributed by atoms with Crippen LogP contribution < -0.4 is 19.5 Å². The Balaban J connectivity index is 1.83. The first-order chi connectivity index (χ1) is 11.9. The molecule has 7 nitrogen and oxygen atoms in total. The number of hydrogen-bond acceptors (Lipinski definition) is 5. The van der Waals surface area contributed by atoms with Gasteiger partial charge < -0.3 is 14.8 Å². The van der Waals surface area contributed by atoms with Crippen LogP contribution in [0.4, 0.5) is 11.4 Å². The molecule has 1 unspecified atom stereocenters. The lowest BCUT2D eigenvalue weighted by atomic mass is 10.2. The van der Waals surface area contributed by atoms with Gasteiger partial charge in [-0.05, 0) is 56.3 Å². The molecule has 0 saturated carbocycles. The standard InChI is InChI=1S/C17H18N2O5S/c1-3-23-13-6-4-12(5-7-13)19-25(21,22)14-8-9-16-15(10-14)18-17(20)11(2)24-16/h4-11,19H,3H2,1-2H3,(H,18,20). The van der Waals surface area contributed by atoms with Crippen LogP contribution >= 0.6 is 0 Å². The van der Waals surface area contributed by atoms with Crippen LogP contribution in [0.25, 0.3) is 0 Å². The van der Waals surface area contributed by atoms with Crippen molar-refractivity contribution in [2.24, 2.45) is 0 Å². The third-order valence-electron chi connectivity index (χ3n) is 3.61. The van der Waals surface area contributed by atoms with Crippen LogP contribution in [0.15, 0.2) is 47.4 Å². The number of benzene rings is 2. The van der Waals surface area contributed by atoms with Gasteiger partial charge in [0.05, 0.1) is 17.2 Å². The van der Waals surface area contributed by atoms with Crippen LogP contribution in [-0.2, 0) is 14.8 Å². The normalized spacial score (nSPS) is 16.4. The van der Waals surface area contributed by atoms with Crippen LogP contribution in [0.5, 0.6) is 11.5 Å². The maximum Gasteiger partial charge on any atom is 0.265 e. The van der Waals surface area contributed by atoms with E-state index in [-0.39, 0.29) is 10.8 Å². The summed E-state index contributed by atoms with van der Waals surface area (Å²) < 4.78 is 38.3. The van der Waals surface area contributed by atoms with Crippen LogP contribution in [0.3, 0.4) is 0 Å². The van der Waals surface area contributed by atoms with E-state index in [4.69, 9.17) is 9.47 Å². The third kappa shape index (κ3) is 3.69. The van der Waals surface area contributed by atoms with Gasteiger partial charge in [0.1, 0.15) is 11.5 Å². The van der Waals surface area contributed by atoms with E-state index >= 15 is 0 Å². The summed E-state index contributed by atoms with van der Waals surface area (Å²) in [6, 6.07) is 10.9. The molecular formula is C17H18N2O5S. The quantitative estimate of drug-likeness (QED) is 0.853. The Labute approximate surface area is 146 Å². The van der Waals surface area contributed by atoms with Gasteiger partial charge in [0.2, 0.25) is 0 Å². The molecule has 0 fully saturated rings. The third-order valence-corrected chi connectivity index (χ3v) is 4.99. The van der Waals surface area contributed by atoms with E-state index in [1.54, 1.807) is 31.2 Å². The number of fused-ring (bicyclic) bond motifs is 1. The van der Waals surface area contributed by atoms with E-state index in [0.29, 0.717) is 29.5 Å². The molecular weight excluding hydrogens is 344 g/mol. The minimum absolute atomic E-state index is 0.0265. The molecule has 0 radical (unpaired) electrons. The highest BCUT2D eigenvalue weighted by molar-refractivity contribution is 7.92. The van der Waals surface area contributed by atoms with Crippen molar-refractivity contribution in [3.63, 3.8) is 0 Å². The van der Waals surface area contributed by atoms with Crippen molar-refractivity contribution in [1.82, 2.24) is 0 Å². The lowest BCUT2D eigenvalue weighted by Gasteiger charge is -2.23. The molecule has 2 aromatic carbocycles. The first kappa shape index (κ1) is 17.1. The number of nitrogens with one attached hydrogen (secondary N) is 2. The summed E-state index contributed by atoms with van der Waals surface area (Å²) in [4.78, 5) is 11.7. The maximum atomic E-state index is 12.5. The van der Waals surface area contributed by atoms with Gasteiger partial charge in [-0.25, -0.2) is 8.42 Å². The highest BCUT2D eigenvalue weighted by atomic mass is 32.2. The number of carbonyl (C=O) groups excluding carboxylic acids is 1. The van der Waals surface area contributed by atoms with Crippen molar-refractivity contribution in [3.05, 3.63) is 42.5 Å². The first-order valence-corrected chi connectivity index (χ1v) is 9.24. The molecule has 0 bridgehead atoms. The van der Waals surface area contributed by atoms with Crippen molar-refractivity contribution in [3.8, 4) is 11.5 Å². The fourth-order valence-electron chi connectivity index (χ4n) is 2.35. The van der Waals surface area contributed by atoms with Crippen molar-refractivity contribution in [1.29, 1.82) is 0 Å². The molecule has 1 amide bonds. The van der Waals surface area contributed by atoms with Gasteiger partial charge in [-0.15, -0.1) is 0 Å². The topological polar surface area (TPSA) is 93.7 Å². The second kappa shape index (κ2) is 6.64. The van der Waals surface area contributed by atoms with Gasteiger partial charge in [-0.2, -0.15) is 0 Å². The van der Waals surface area contributed by atoms with Gasteiger partial charge in [0, 0.05) is 5.69 Å². The number of anilines is 2. The molecule has 2 aromatic rings. The number of hydrogen-bond donors (Lipinski definition) is 2. The highest BCUT2D eigenvalue weighted by Crippen LogP contribution is 2.32. The lowest BCUT2D eigenvalue weighted by molar-refractivity contribution is -0.122. The van der Waals surface area contributed by atoms with Gasteiger partial charge in [0.25, 0.3) is 15.9 Å². The SMILES string of the molecule is CCOc1ccc(NS(=O)(=O)c2ccc3c(c2)NC(=O)C(C)O3)cc1. The summed E-state index contributed by atoms with van der Waals surface area (Å²) in [7, 11) is -3.80. The Kier molecular flexibility index (Phi) is 4.54. The maximum absolute atomic E-state index is 12.5. The Bertz CT molecular complexity index is 894. The molecule has 1 atom stereocenters. The van der Waals surface area contributed by atoms with E-state index in [9.17, 15) is 13.2 Å². The average molecular weight is 362 g/mol. The van der Waals surface area contributed by atoms with E-state index in [1.807, 2.05) is 6.92 Å². The number of ether oxygens (including phenoxy) is 2. The molecule has 0 aliphatic carbocycles. The molecule has 1 aliphatic rings. The predicted octanol–water partition coefficient (Wildman–Crippen LogP) is 2.61. The zero-order chi connectivity index (χ0) is 18.0. The zero-order valence-electron chi connectivity index (χ0n) is 13.8. The molecule has 0 aromatic heterocycles. The second-order valence-electron chi connectivity index (χ2n) is 5.47. The molecule has 8 heteroatoms. The largest absolute Gasteiger partial charge is 0.494 e. The zero-order valence-corrected chi connectivity index (χ0v) is 14.6. The molecule has 132 valence electrons. The molecule has 1 heterocycles. The van der Waals surface area contributed by atoms with Crippen molar-refractivity contribution < 1.29 is 22.7 Å². The molecule has 0 spiro atoms. The fraction of sp³-hybridized carbons (Fsp3) is 0.235. The minimum atomic E-state index is -3.80. The summed E-state index contributed by atoms with van der Waals surface area (Å²) in [5.74, 6) is 0.779. The molecule has 2 N–H and O–H groups in total. The lowest BCUT2D eigenvalue weighted by Crippen LogP contribution is -2.34. The van der Waals surface area contributed by atoms with E-state index < -0.39 is 16.1 Å². The van der Waals surface area contributed by atoms with Crippen LogP contribution in [0.1, 0.15) is 13.8 Å². The van der Waals surface area contributed by atoms with Crippen molar-refractivity contribution >= 4 is 27.3 Å². The van der Waals surface area contributed by atoms with Crippen LogP contribution in [0, 0.1) is 0 Å². The van der Waals surface area contributed by atoms with Crippen LogP contribution in [-0.4, -0.2) is 27.0 Å². The van der Waals surface area contributed by atoms with E-state index in [1.165, 1.54) is 18.2 Å². The van der Waals surface area contributed by atoms with E-state index in [2.05, 4.69) is 10.0 Å². The summed E-state index contributed by atoms with van der Waals surface area (Å²) in [6.07, 6.45) is -0.614. The number of carbonyl (C=O) groups is 1. The average Bonchev–Trinajstić information content (AvgIpc) is 2.57. The summed E-state index contributed by atoms with van der Waals surface area (Å²) in [5, 5.41) is 2.63. The van der Waals surface area contributed by atoms with Crippen molar-refractivity contribution in [2.45, 2.75) is 24.8 Å². The van der Waals surface area contributed by atoms with Gasteiger partial charge in [-0.3, -0.25) is 9.52 Å². The summed E-state index contributed by atoms with van der Waals surface area (Å²) in [6.45, 7) is 4.03. The molecule has 0 saturated heterocycles. The Morgan fingerprint density at radius 2 is 1.92 bits per heavy atom. The molecule has 25 heavy (non-hydrogen) atoms. The van der Waals surface area contributed by atoms with Gasteiger partial charge in [0.15, 0.2) is 6.10 Å². The van der Waals surface area contributed by atoms with E-state index in [0.717, 1.165) is 0 Å². The highest BCUT2D eigenvalue weighted by Gasteiger charge is 2.25. The minimum Gasteiger partial charge on any atom is -0.494 e. The summed E-state index contributed by atoms with van der Waals surface area (Å²) in [5.41, 5.74) is 0.743. The van der Waals surface area contributed by atoms with Crippen molar-refractivity contribution in [2.75, 3.05) is 16.6 Å². The first-order valence-electron chi connectivity index (χ1n) is 7.76. The number of sulfonamides is 1. The van der Waals surface area contributed by atoms with Crippen LogP contribution in [0.2, 0.25) is 0 Å². The fourth-order valence-corrected chi connectivity index (χ4v) is 3.44. The Hall–Kier alpha value is -2.74. The number of rotatable bonds is 5. The Morgan fingerprint density at radius 1 is 1.20 bits per heavy atom. The van der Waals surface area contributed by atoms with Gasteiger partial charge in [-0.1, -0.05) is 0 Å². The predicted molar refractivity (Wildman–Crippen MR) is 93.6 cm³/mol. The second-order valence-corrected chi connectivity index (χ2v) is 7.15. The van der Waals surface area contributed by atoms with Gasteiger partial charge >= 0.3 is 0 Å². The Morgan fingerprint density at radius 3 is 2.60 bits per heavy atom. The molecule has 1 aliphatic heterocycles.